The van der Waals surface area contributed by atoms with E-state index < -0.39 is 0 Å². The molecule has 1 atom stereocenters. The third-order valence-corrected chi connectivity index (χ3v) is 4.65. The second-order valence-corrected chi connectivity index (χ2v) is 6.64. The van der Waals surface area contributed by atoms with Gasteiger partial charge in [-0.05, 0) is 36.8 Å². The molecular formula is C16H18FN3O2S. The van der Waals surface area contributed by atoms with E-state index in [0.29, 0.717) is 31.5 Å². The Balaban J connectivity index is 1.64. The summed E-state index contributed by atoms with van der Waals surface area (Å²) in [4.78, 5) is 21.7. The van der Waals surface area contributed by atoms with Gasteiger partial charge in [0.1, 0.15) is 5.82 Å². The summed E-state index contributed by atoms with van der Waals surface area (Å²) in [6.45, 7) is 4.35. The number of halogens is 1. The van der Waals surface area contributed by atoms with E-state index in [1.807, 2.05) is 11.8 Å². The molecule has 122 valence electrons. The minimum absolute atomic E-state index is 0.0954. The second kappa shape index (κ2) is 7.14. The van der Waals surface area contributed by atoms with Crippen molar-refractivity contribution in [2.75, 3.05) is 26.3 Å². The molecule has 1 amide bonds. The minimum atomic E-state index is -0.271. The van der Waals surface area contributed by atoms with Gasteiger partial charge in [0, 0.05) is 13.1 Å². The number of ether oxygens (including phenoxy) is 1. The van der Waals surface area contributed by atoms with Crippen LogP contribution in [0, 0.1) is 5.82 Å². The lowest BCUT2D eigenvalue weighted by molar-refractivity contribution is -0.134. The molecule has 0 radical (unpaired) electrons. The topological polar surface area (TPSA) is 58.2 Å². The first-order valence-electron chi connectivity index (χ1n) is 7.47. The first kappa shape index (κ1) is 16.0. The summed E-state index contributed by atoms with van der Waals surface area (Å²) < 4.78 is 18.2. The Kier molecular flexibility index (Phi) is 4.97. The molecule has 2 heterocycles. The lowest BCUT2D eigenvalue weighted by Crippen LogP contribution is -2.44. The Morgan fingerprint density at radius 3 is 2.74 bits per heavy atom. The molecule has 1 fully saturated rings. The Morgan fingerprint density at radius 2 is 2.04 bits per heavy atom. The van der Waals surface area contributed by atoms with Crippen molar-refractivity contribution >= 4 is 17.7 Å². The molecule has 0 aliphatic carbocycles. The highest BCUT2D eigenvalue weighted by Crippen LogP contribution is 2.25. The molecule has 3 rings (SSSR count). The van der Waals surface area contributed by atoms with Crippen LogP contribution in [0.3, 0.4) is 0 Å². The standard InChI is InChI=1S/C16H18FN3O2S/c1-11(15(21)20-6-8-22-9-7-20)23-16-18-10-14(19-16)12-2-4-13(17)5-3-12/h2-5,10-11H,6-9H2,1H3,(H,18,19)/t11-/m0/s1. The van der Waals surface area contributed by atoms with Crippen LogP contribution in [-0.2, 0) is 9.53 Å². The summed E-state index contributed by atoms with van der Waals surface area (Å²) in [5.74, 6) is -0.175. The molecule has 0 unspecified atom stereocenters. The van der Waals surface area contributed by atoms with Gasteiger partial charge in [-0.1, -0.05) is 11.8 Å². The van der Waals surface area contributed by atoms with Gasteiger partial charge in [-0.15, -0.1) is 0 Å². The largest absolute Gasteiger partial charge is 0.378 e. The van der Waals surface area contributed by atoms with Crippen molar-refractivity contribution < 1.29 is 13.9 Å². The van der Waals surface area contributed by atoms with E-state index in [-0.39, 0.29) is 17.0 Å². The van der Waals surface area contributed by atoms with Gasteiger partial charge in [-0.25, -0.2) is 9.37 Å². The van der Waals surface area contributed by atoms with Crippen molar-refractivity contribution in [2.24, 2.45) is 0 Å². The molecule has 7 heteroatoms. The molecule has 5 nitrogen and oxygen atoms in total. The third kappa shape index (κ3) is 3.92. The van der Waals surface area contributed by atoms with E-state index in [1.54, 1.807) is 18.3 Å². The third-order valence-electron chi connectivity index (χ3n) is 3.67. The van der Waals surface area contributed by atoms with Crippen molar-refractivity contribution in [1.29, 1.82) is 0 Å². The number of nitrogens with one attached hydrogen (secondary N) is 1. The van der Waals surface area contributed by atoms with Crippen molar-refractivity contribution in [3.63, 3.8) is 0 Å². The average molecular weight is 335 g/mol. The van der Waals surface area contributed by atoms with E-state index >= 15 is 0 Å². The van der Waals surface area contributed by atoms with Gasteiger partial charge in [0.05, 0.1) is 30.4 Å². The summed E-state index contributed by atoms with van der Waals surface area (Å²) in [7, 11) is 0. The highest BCUT2D eigenvalue weighted by Gasteiger charge is 2.24. The van der Waals surface area contributed by atoms with Gasteiger partial charge in [0.15, 0.2) is 5.16 Å². The van der Waals surface area contributed by atoms with Gasteiger partial charge in [-0.3, -0.25) is 4.79 Å². The number of aromatic amines is 1. The normalized spacial score (nSPS) is 16.3. The highest BCUT2D eigenvalue weighted by molar-refractivity contribution is 8.00. The zero-order valence-electron chi connectivity index (χ0n) is 12.8. The number of amides is 1. The fourth-order valence-corrected chi connectivity index (χ4v) is 3.26. The maximum absolute atomic E-state index is 13.0. The molecule has 23 heavy (non-hydrogen) atoms. The summed E-state index contributed by atoms with van der Waals surface area (Å²) in [6.07, 6.45) is 1.70. The smallest absolute Gasteiger partial charge is 0.236 e. The molecule has 0 spiro atoms. The summed E-state index contributed by atoms with van der Waals surface area (Å²) in [6, 6.07) is 6.21. The van der Waals surface area contributed by atoms with Gasteiger partial charge >= 0.3 is 0 Å². The van der Waals surface area contributed by atoms with E-state index in [4.69, 9.17) is 4.74 Å². The molecule has 0 bridgehead atoms. The number of morpholine rings is 1. The molecule has 1 aliphatic rings. The lowest BCUT2D eigenvalue weighted by Gasteiger charge is -2.28. The number of hydrogen-bond acceptors (Lipinski definition) is 4. The van der Waals surface area contributed by atoms with E-state index in [2.05, 4.69) is 9.97 Å². The predicted molar refractivity (Wildman–Crippen MR) is 86.7 cm³/mol. The Labute approximate surface area is 138 Å². The number of rotatable bonds is 4. The number of H-pyrrole nitrogens is 1. The van der Waals surface area contributed by atoms with Crippen LogP contribution in [0.4, 0.5) is 4.39 Å². The number of carbonyl (C=O) groups excluding carboxylic acids is 1. The Hall–Kier alpha value is -1.86. The number of nitrogens with zero attached hydrogens (tertiary/aromatic N) is 2. The van der Waals surface area contributed by atoms with E-state index in [9.17, 15) is 9.18 Å². The van der Waals surface area contributed by atoms with Gasteiger partial charge in [-0.2, -0.15) is 0 Å². The first-order chi connectivity index (χ1) is 11.1. The maximum Gasteiger partial charge on any atom is 0.236 e. The lowest BCUT2D eigenvalue weighted by atomic mass is 10.2. The quantitative estimate of drug-likeness (QED) is 0.873. The second-order valence-electron chi connectivity index (χ2n) is 5.31. The number of thioether (sulfide) groups is 1. The zero-order valence-corrected chi connectivity index (χ0v) is 13.6. The fourth-order valence-electron chi connectivity index (χ4n) is 2.40. The summed E-state index contributed by atoms with van der Waals surface area (Å²) in [5, 5.41) is 0.457. The van der Waals surface area contributed by atoms with Crippen LogP contribution in [0.15, 0.2) is 35.6 Å². The van der Waals surface area contributed by atoms with Crippen LogP contribution >= 0.6 is 11.8 Å². The van der Waals surface area contributed by atoms with Gasteiger partial charge < -0.3 is 14.6 Å². The molecule has 2 aromatic rings. The van der Waals surface area contributed by atoms with Crippen molar-refractivity contribution in [3.8, 4) is 11.3 Å². The van der Waals surface area contributed by atoms with Crippen molar-refractivity contribution in [1.82, 2.24) is 14.9 Å². The maximum atomic E-state index is 13.0. The van der Waals surface area contributed by atoms with Crippen LogP contribution < -0.4 is 0 Å². The molecule has 1 aromatic carbocycles. The number of carbonyl (C=O) groups is 1. The zero-order chi connectivity index (χ0) is 16.2. The molecular weight excluding hydrogens is 317 g/mol. The number of aromatic nitrogens is 2. The molecule has 1 aromatic heterocycles. The molecule has 1 saturated heterocycles. The highest BCUT2D eigenvalue weighted by atomic mass is 32.2. The van der Waals surface area contributed by atoms with Crippen molar-refractivity contribution in [3.05, 3.63) is 36.3 Å². The van der Waals surface area contributed by atoms with Gasteiger partial charge in [0.2, 0.25) is 5.91 Å². The van der Waals surface area contributed by atoms with E-state index in [0.717, 1.165) is 11.3 Å². The Morgan fingerprint density at radius 1 is 1.35 bits per heavy atom. The van der Waals surface area contributed by atoms with Crippen molar-refractivity contribution in [2.45, 2.75) is 17.3 Å². The molecule has 1 N–H and O–H groups in total. The fraction of sp³-hybridized carbons (Fsp3) is 0.375. The van der Waals surface area contributed by atoms with Crippen LogP contribution in [0.1, 0.15) is 6.92 Å². The van der Waals surface area contributed by atoms with E-state index in [1.165, 1.54) is 23.9 Å². The monoisotopic (exact) mass is 335 g/mol. The number of imidazole rings is 1. The predicted octanol–water partition coefficient (Wildman–Crippen LogP) is 2.56. The molecule has 1 aliphatic heterocycles. The van der Waals surface area contributed by atoms with Crippen LogP contribution in [-0.4, -0.2) is 52.3 Å². The van der Waals surface area contributed by atoms with Crippen LogP contribution in [0.5, 0.6) is 0 Å². The first-order valence-corrected chi connectivity index (χ1v) is 8.35. The van der Waals surface area contributed by atoms with Crippen LogP contribution in [0.2, 0.25) is 0 Å². The average Bonchev–Trinajstić information content (AvgIpc) is 3.04. The summed E-state index contributed by atoms with van der Waals surface area (Å²) >= 11 is 1.39. The summed E-state index contributed by atoms with van der Waals surface area (Å²) in [5.41, 5.74) is 1.66. The SMILES string of the molecule is C[C@H](Sc1ncc(-c2ccc(F)cc2)[nH]1)C(=O)N1CCOCC1. The van der Waals surface area contributed by atoms with Gasteiger partial charge in [0.25, 0.3) is 0 Å². The van der Waals surface area contributed by atoms with Crippen LogP contribution in [0.25, 0.3) is 11.3 Å². The minimum Gasteiger partial charge on any atom is -0.378 e. The number of hydrogen-bond donors (Lipinski definition) is 1. The molecule has 0 saturated carbocycles. The number of benzene rings is 1. The Bertz CT molecular complexity index is 668.